The number of benzene rings is 2. The third-order valence-corrected chi connectivity index (χ3v) is 3.70. The van der Waals surface area contributed by atoms with E-state index in [9.17, 15) is 4.39 Å². The van der Waals surface area contributed by atoms with Crippen LogP contribution in [0.3, 0.4) is 0 Å². The van der Waals surface area contributed by atoms with E-state index in [-0.39, 0.29) is 5.82 Å². The number of hydrogen-bond acceptors (Lipinski definition) is 3. The number of nitrogens with zero attached hydrogens (tertiary/aromatic N) is 3. The summed E-state index contributed by atoms with van der Waals surface area (Å²) in [5.41, 5.74) is 2.69. The molecule has 0 saturated heterocycles. The summed E-state index contributed by atoms with van der Waals surface area (Å²) in [6.07, 6.45) is 4.16. The van der Waals surface area contributed by atoms with E-state index in [1.54, 1.807) is 10.7 Å². The molecule has 1 aromatic heterocycles. The first-order chi connectivity index (χ1) is 11.8. The molecule has 0 spiro atoms. The normalized spacial score (nSPS) is 10.8. The van der Waals surface area contributed by atoms with Gasteiger partial charge in [-0.2, -0.15) is 0 Å². The van der Waals surface area contributed by atoms with Gasteiger partial charge in [-0.15, -0.1) is 5.10 Å². The molecule has 0 amide bonds. The minimum absolute atomic E-state index is 0.248. The Kier molecular flexibility index (Phi) is 5.21. The van der Waals surface area contributed by atoms with Crippen molar-refractivity contribution in [1.29, 1.82) is 0 Å². The van der Waals surface area contributed by atoms with Crippen LogP contribution in [-0.4, -0.2) is 21.6 Å². The van der Waals surface area contributed by atoms with Crippen LogP contribution in [0.25, 0.3) is 5.69 Å². The minimum atomic E-state index is -0.248. The molecule has 0 N–H and O–H groups in total. The lowest BCUT2D eigenvalue weighted by Crippen LogP contribution is -2.01. The number of rotatable bonds is 7. The van der Waals surface area contributed by atoms with Gasteiger partial charge in [0, 0.05) is 0 Å². The zero-order chi connectivity index (χ0) is 16.8. The average molecular weight is 325 g/mol. The summed E-state index contributed by atoms with van der Waals surface area (Å²) in [6, 6.07) is 14.5. The summed E-state index contributed by atoms with van der Waals surface area (Å²) in [5.74, 6) is 0.496. The number of aromatic nitrogens is 3. The maximum absolute atomic E-state index is 13.5. The highest BCUT2D eigenvalue weighted by Crippen LogP contribution is 2.22. The minimum Gasteiger partial charge on any atom is -0.493 e. The van der Waals surface area contributed by atoms with E-state index in [0.29, 0.717) is 19.4 Å². The molecule has 0 unspecified atom stereocenters. The fourth-order valence-electron chi connectivity index (χ4n) is 2.48. The molecule has 0 aliphatic carbocycles. The van der Waals surface area contributed by atoms with Crippen molar-refractivity contribution in [3.63, 3.8) is 0 Å². The number of para-hydroxylation sites is 1. The summed E-state index contributed by atoms with van der Waals surface area (Å²) in [6.45, 7) is 2.67. The van der Waals surface area contributed by atoms with Gasteiger partial charge in [0.25, 0.3) is 0 Å². The van der Waals surface area contributed by atoms with E-state index in [4.69, 9.17) is 4.74 Å². The molecule has 0 atom stereocenters. The Labute approximate surface area is 140 Å². The SMILES string of the molecule is CCCOc1ccc(F)cc1CCc1cn(-c2ccccc2)nn1. The van der Waals surface area contributed by atoms with Crippen LogP contribution < -0.4 is 4.74 Å². The second-order valence-electron chi connectivity index (χ2n) is 5.59. The van der Waals surface area contributed by atoms with Gasteiger partial charge in [0.05, 0.1) is 24.2 Å². The first kappa shape index (κ1) is 16.2. The average Bonchev–Trinajstić information content (AvgIpc) is 3.09. The molecule has 1 heterocycles. The van der Waals surface area contributed by atoms with Crippen LogP contribution in [0.2, 0.25) is 0 Å². The molecule has 24 heavy (non-hydrogen) atoms. The van der Waals surface area contributed by atoms with E-state index in [1.807, 2.05) is 43.5 Å². The van der Waals surface area contributed by atoms with Crippen molar-refractivity contribution in [2.45, 2.75) is 26.2 Å². The van der Waals surface area contributed by atoms with Crippen LogP contribution in [0, 0.1) is 5.82 Å². The van der Waals surface area contributed by atoms with Crippen LogP contribution in [-0.2, 0) is 12.8 Å². The number of halogens is 1. The Morgan fingerprint density at radius 3 is 2.71 bits per heavy atom. The van der Waals surface area contributed by atoms with Crippen molar-refractivity contribution in [2.75, 3.05) is 6.61 Å². The van der Waals surface area contributed by atoms with Gasteiger partial charge in [-0.3, -0.25) is 0 Å². The lowest BCUT2D eigenvalue weighted by Gasteiger charge is -2.10. The topological polar surface area (TPSA) is 39.9 Å². The second-order valence-corrected chi connectivity index (χ2v) is 5.59. The molecule has 0 radical (unpaired) electrons. The standard InChI is InChI=1S/C19H20FN3O/c1-2-12-24-19-11-9-16(20)13-15(19)8-10-17-14-23(22-21-17)18-6-4-3-5-7-18/h3-7,9,11,13-14H,2,8,10,12H2,1H3. The summed E-state index contributed by atoms with van der Waals surface area (Å²) < 4.78 is 21.0. The fraction of sp³-hybridized carbons (Fsp3) is 0.263. The Hall–Kier alpha value is -2.69. The highest BCUT2D eigenvalue weighted by Gasteiger charge is 2.08. The van der Waals surface area contributed by atoms with E-state index in [1.165, 1.54) is 12.1 Å². The van der Waals surface area contributed by atoms with Gasteiger partial charge in [0.1, 0.15) is 11.6 Å². The van der Waals surface area contributed by atoms with Crippen molar-refractivity contribution in [1.82, 2.24) is 15.0 Å². The molecule has 0 aliphatic heterocycles. The highest BCUT2D eigenvalue weighted by atomic mass is 19.1. The molecular weight excluding hydrogens is 305 g/mol. The second kappa shape index (κ2) is 7.73. The molecule has 0 aliphatic rings. The van der Waals surface area contributed by atoms with Crippen molar-refractivity contribution in [3.8, 4) is 11.4 Å². The molecule has 3 aromatic rings. The van der Waals surface area contributed by atoms with Crippen molar-refractivity contribution >= 4 is 0 Å². The highest BCUT2D eigenvalue weighted by molar-refractivity contribution is 5.35. The monoisotopic (exact) mass is 325 g/mol. The molecular formula is C19H20FN3O. The molecule has 5 heteroatoms. The quantitative estimate of drug-likeness (QED) is 0.659. The Bertz CT molecular complexity index is 786. The molecule has 2 aromatic carbocycles. The summed E-state index contributed by atoms with van der Waals surface area (Å²) in [5, 5.41) is 8.35. The summed E-state index contributed by atoms with van der Waals surface area (Å²) >= 11 is 0. The third kappa shape index (κ3) is 3.98. The van der Waals surface area contributed by atoms with E-state index < -0.39 is 0 Å². The molecule has 0 bridgehead atoms. The maximum atomic E-state index is 13.5. The van der Waals surface area contributed by atoms with Crippen LogP contribution in [0.5, 0.6) is 5.75 Å². The zero-order valence-electron chi connectivity index (χ0n) is 13.7. The maximum Gasteiger partial charge on any atom is 0.123 e. The van der Waals surface area contributed by atoms with E-state index in [0.717, 1.165) is 29.1 Å². The first-order valence-corrected chi connectivity index (χ1v) is 8.14. The zero-order valence-corrected chi connectivity index (χ0v) is 13.7. The Morgan fingerprint density at radius 2 is 1.92 bits per heavy atom. The third-order valence-electron chi connectivity index (χ3n) is 3.70. The largest absolute Gasteiger partial charge is 0.493 e. The lowest BCUT2D eigenvalue weighted by molar-refractivity contribution is 0.313. The number of aryl methyl sites for hydroxylation is 2. The molecule has 0 fully saturated rings. The fourth-order valence-corrected chi connectivity index (χ4v) is 2.48. The summed E-state index contributed by atoms with van der Waals surface area (Å²) in [4.78, 5) is 0. The van der Waals surface area contributed by atoms with Gasteiger partial charge in [0.2, 0.25) is 0 Å². The summed E-state index contributed by atoms with van der Waals surface area (Å²) in [7, 11) is 0. The van der Waals surface area contributed by atoms with Gasteiger partial charge in [-0.1, -0.05) is 30.3 Å². The number of ether oxygens (including phenoxy) is 1. The van der Waals surface area contributed by atoms with Gasteiger partial charge < -0.3 is 4.74 Å². The Morgan fingerprint density at radius 1 is 1.08 bits per heavy atom. The van der Waals surface area contributed by atoms with Gasteiger partial charge in [-0.05, 0) is 55.2 Å². The van der Waals surface area contributed by atoms with Crippen LogP contribution >= 0.6 is 0 Å². The Balaban J connectivity index is 1.70. The van der Waals surface area contributed by atoms with Crippen molar-refractivity contribution < 1.29 is 9.13 Å². The van der Waals surface area contributed by atoms with E-state index in [2.05, 4.69) is 10.3 Å². The lowest BCUT2D eigenvalue weighted by atomic mass is 10.1. The smallest absolute Gasteiger partial charge is 0.123 e. The molecule has 124 valence electrons. The molecule has 3 rings (SSSR count). The number of hydrogen-bond donors (Lipinski definition) is 0. The van der Waals surface area contributed by atoms with Crippen LogP contribution in [0.1, 0.15) is 24.6 Å². The first-order valence-electron chi connectivity index (χ1n) is 8.14. The van der Waals surface area contributed by atoms with Crippen molar-refractivity contribution in [2.24, 2.45) is 0 Å². The van der Waals surface area contributed by atoms with Crippen LogP contribution in [0.4, 0.5) is 4.39 Å². The predicted molar refractivity (Wildman–Crippen MR) is 91.0 cm³/mol. The van der Waals surface area contributed by atoms with Gasteiger partial charge in [0.15, 0.2) is 0 Å². The molecule has 4 nitrogen and oxygen atoms in total. The van der Waals surface area contributed by atoms with E-state index >= 15 is 0 Å². The molecule has 0 saturated carbocycles. The predicted octanol–water partition coefficient (Wildman–Crippen LogP) is 3.98. The van der Waals surface area contributed by atoms with Crippen molar-refractivity contribution in [3.05, 3.63) is 71.8 Å². The van der Waals surface area contributed by atoms with Gasteiger partial charge in [-0.25, -0.2) is 9.07 Å². The van der Waals surface area contributed by atoms with Crippen LogP contribution in [0.15, 0.2) is 54.7 Å². The van der Waals surface area contributed by atoms with Gasteiger partial charge >= 0.3 is 0 Å².